The fraction of sp³-hybridized carbons (Fsp3) is 0.300. The first-order valence-corrected chi connectivity index (χ1v) is 4.19. The predicted octanol–water partition coefficient (Wildman–Crippen LogP) is 1.08. The smallest absolute Gasteiger partial charge is 0.128 e. The van der Waals surface area contributed by atoms with Crippen LogP contribution in [0.25, 0.3) is 0 Å². The third-order valence-corrected chi connectivity index (χ3v) is 2.00. The van der Waals surface area contributed by atoms with Crippen LogP contribution in [0, 0.1) is 17.1 Å². The Hall–Kier alpha value is -1.44. The van der Waals surface area contributed by atoms with Crippen LogP contribution in [-0.4, -0.2) is 11.2 Å². The summed E-state index contributed by atoms with van der Waals surface area (Å²) in [7, 11) is 0. The summed E-state index contributed by atoms with van der Waals surface area (Å²) in [5.41, 5.74) is 6.06. The van der Waals surface area contributed by atoms with Crippen LogP contribution < -0.4 is 5.73 Å². The average Bonchev–Trinajstić information content (AvgIpc) is 2.17. The molecule has 3 N–H and O–H groups in total. The lowest BCUT2D eigenvalue weighted by Gasteiger charge is -2.15. The first-order valence-electron chi connectivity index (χ1n) is 4.19. The molecule has 2 atom stereocenters. The van der Waals surface area contributed by atoms with E-state index in [1.165, 1.54) is 25.1 Å². The van der Waals surface area contributed by atoms with Crippen molar-refractivity contribution >= 4 is 0 Å². The standard InChI is InChI=1S/C10H11FN2O/c1-6(14)10(13)8-4-7(5-12)2-3-9(8)11/h2-4,6,10,14H,13H2,1H3/t6-,10+/m1/s1. The van der Waals surface area contributed by atoms with E-state index in [2.05, 4.69) is 0 Å². The van der Waals surface area contributed by atoms with Gasteiger partial charge in [-0.25, -0.2) is 4.39 Å². The molecule has 0 saturated carbocycles. The van der Waals surface area contributed by atoms with Gasteiger partial charge in [0.1, 0.15) is 5.82 Å². The predicted molar refractivity (Wildman–Crippen MR) is 49.7 cm³/mol. The molecule has 0 heterocycles. The minimum atomic E-state index is -0.849. The molecular formula is C10H11FN2O. The molecule has 0 saturated heterocycles. The fourth-order valence-electron chi connectivity index (χ4n) is 1.13. The lowest BCUT2D eigenvalue weighted by atomic mass is 10.0. The summed E-state index contributed by atoms with van der Waals surface area (Å²) in [5, 5.41) is 17.8. The SMILES string of the molecule is C[C@@H](O)[C@H](N)c1cc(C#N)ccc1F. The van der Waals surface area contributed by atoms with E-state index < -0.39 is 18.0 Å². The molecule has 4 heteroatoms. The van der Waals surface area contributed by atoms with Gasteiger partial charge in [0.15, 0.2) is 0 Å². The molecule has 0 spiro atoms. The number of halogens is 1. The zero-order valence-electron chi connectivity index (χ0n) is 7.74. The van der Waals surface area contributed by atoms with E-state index in [9.17, 15) is 9.50 Å². The fourth-order valence-corrected chi connectivity index (χ4v) is 1.13. The molecule has 0 unspecified atom stereocenters. The normalized spacial score (nSPS) is 14.5. The Bertz CT molecular complexity index is 371. The molecule has 14 heavy (non-hydrogen) atoms. The number of rotatable bonds is 2. The van der Waals surface area contributed by atoms with Crippen LogP contribution in [0.3, 0.4) is 0 Å². The lowest BCUT2D eigenvalue weighted by Crippen LogP contribution is -2.24. The van der Waals surface area contributed by atoms with Crippen molar-refractivity contribution in [2.45, 2.75) is 19.1 Å². The quantitative estimate of drug-likeness (QED) is 0.740. The number of aliphatic hydroxyl groups excluding tert-OH is 1. The molecule has 3 nitrogen and oxygen atoms in total. The molecule has 0 aliphatic rings. The molecule has 1 rings (SSSR count). The molecule has 1 aromatic rings. The van der Waals surface area contributed by atoms with Crippen molar-refractivity contribution in [1.82, 2.24) is 0 Å². The third kappa shape index (κ3) is 2.08. The van der Waals surface area contributed by atoms with E-state index in [0.29, 0.717) is 5.56 Å². The van der Waals surface area contributed by atoms with E-state index in [1.807, 2.05) is 6.07 Å². The van der Waals surface area contributed by atoms with E-state index in [1.54, 1.807) is 0 Å². The van der Waals surface area contributed by atoms with Crippen LogP contribution in [0.15, 0.2) is 18.2 Å². The van der Waals surface area contributed by atoms with Gasteiger partial charge in [0, 0.05) is 5.56 Å². The minimum Gasteiger partial charge on any atom is -0.391 e. The van der Waals surface area contributed by atoms with Gasteiger partial charge in [0.05, 0.1) is 23.8 Å². The van der Waals surface area contributed by atoms with Crippen molar-refractivity contribution in [3.63, 3.8) is 0 Å². The Balaban J connectivity index is 3.13. The van der Waals surface area contributed by atoms with Crippen molar-refractivity contribution in [2.24, 2.45) is 5.73 Å². The van der Waals surface area contributed by atoms with E-state index in [0.717, 1.165) is 0 Å². The molecule has 0 bridgehead atoms. The van der Waals surface area contributed by atoms with Gasteiger partial charge in [-0.05, 0) is 25.1 Å². The maximum atomic E-state index is 13.2. The van der Waals surface area contributed by atoms with E-state index in [4.69, 9.17) is 11.0 Å². The Morgan fingerprint density at radius 1 is 1.57 bits per heavy atom. The highest BCUT2D eigenvalue weighted by Crippen LogP contribution is 2.19. The van der Waals surface area contributed by atoms with Gasteiger partial charge >= 0.3 is 0 Å². The van der Waals surface area contributed by atoms with Gasteiger partial charge in [-0.3, -0.25) is 0 Å². The maximum absolute atomic E-state index is 13.2. The number of hydrogen-bond donors (Lipinski definition) is 2. The zero-order valence-corrected chi connectivity index (χ0v) is 7.74. The van der Waals surface area contributed by atoms with Gasteiger partial charge in [-0.15, -0.1) is 0 Å². The van der Waals surface area contributed by atoms with Crippen LogP contribution in [0.1, 0.15) is 24.1 Å². The van der Waals surface area contributed by atoms with Gasteiger partial charge < -0.3 is 10.8 Å². The van der Waals surface area contributed by atoms with E-state index in [-0.39, 0.29) is 5.56 Å². The second-order valence-corrected chi connectivity index (χ2v) is 3.11. The Morgan fingerprint density at radius 2 is 2.21 bits per heavy atom. The number of aliphatic hydroxyl groups is 1. The summed E-state index contributed by atoms with van der Waals surface area (Å²) in [6.45, 7) is 1.48. The maximum Gasteiger partial charge on any atom is 0.128 e. The molecule has 0 aliphatic carbocycles. The molecule has 0 aliphatic heterocycles. The molecule has 74 valence electrons. The lowest BCUT2D eigenvalue weighted by molar-refractivity contribution is 0.162. The second-order valence-electron chi connectivity index (χ2n) is 3.11. The monoisotopic (exact) mass is 194 g/mol. The van der Waals surface area contributed by atoms with Crippen molar-refractivity contribution in [1.29, 1.82) is 5.26 Å². The summed E-state index contributed by atoms with van der Waals surface area (Å²) < 4.78 is 13.2. The van der Waals surface area contributed by atoms with Crippen molar-refractivity contribution < 1.29 is 9.50 Å². The highest BCUT2D eigenvalue weighted by molar-refractivity contribution is 5.35. The zero-order chi connectivity index (χ0) is 10.7. The average molecular weight is 194 g/mol. The topological polar surface area (TPSA) is 70.0 Å². The van der Waals surface area contributed by atoms with Gasteiger partial charge in [0.25, 0.3) is 0 Å². The minimum absolute atomic E-state index is 0.166. The number of nitrogens with two attached hydrogens (primary N) is 1. The van der Waals surface area contributed by atoms with Crippen LogP contribution in [0.2, 0.25) is 0 Å². The third-order valence-electron chi connectivity index (χ3n) is 2.00. The van der Waals surface area contributed by atoms with Gasteiger partial charge in [-0.1, -0.05) is 0 Å². The largest absolute Gasteiger partial charge is 0.391 e. The summed E-state index contributed by atoms with van der Waals surface area (Å²) >= 11 is 0. The molecule has 0 aromatic heterocycles. The van der Waals surface area contributed by atoms with E-state index >= 15 is 0 Å². The van der Waals surface area contributed by atoms with Crippen molar-refractivity contribution in [3.8, 4) is 6.07 Å². The number of benzene rings is 1. The summed E-state index contributed by atoms with van der Waals surface area (Å²) in [6.07, 6.45) is -0.849. The number of hydrogen-bond acceptors (Lipinski definition) is 3. The molecular weight excluding hydrogens is 183 g/mol. The first kappa shape index (κ1) is 10.6. The highest BCUT2D eigenvalue weighted by Gasteiger charge is 2.16. The van der Waals surface area contributed by atoms with Crippen LogP contribution in [0.5, 0.6) is 0 Å². The molecule has 1 aromatic carbocycles. The molecule has 0 amide bonds. The Kier molecular flexibility index (Phi) is 3.18. The summed E-state index contributed by atoms with van der Waals surface area (Å²) in [6, 6.07) is 4.98. The van der Waals surface area contributed by atoms with Crippen molar-refractivity contribution in [3.05, 3.63) is 35.1 Å². The first-order chi connectivity index (χ1) is 6.56. The van der Waals surface area contributed by atoms with Gasteiger partial charge in [0.2, 0.25) is 0 Å². The summed E-state index contributed by atoms with van der Waals surface area (Å²) in [4.78, 5) is 0. The number of nitriles is 1. The summed E-state index contributed by atoms with van der Waals surface area (Å²) in [5.74, 6) is -0.502. The van der Waals surface area contributed by atoms with Crippen LogP contribution in [-0.2, 0) is 0 Å². The Labute approximate surface area is 81.6 Å². The molecule has 0 fully saturated rings. The number of nitrogens with zero attached hydrogens (tertiary/aromatic N) is 1. The van der Waals surface area contributed by atoms with Gasteiger partial charge in [-0.2, -0.15) is 5.26 Å². The second kappa shape index (κ2) is 4.18. The Morgan fingerprint density at radius 3 is 2.71 bits per heavy atom. The van der Waals surface area contributed by atoms with Crippen LogP contribution in [0.4, 0.5) is 4.39 Å². The van der Waals surface area contributed by atoms with Crippen LogP contribution >= 0.6 is 0 Å². The molecule has 0 radical (unpaired) electrons. The highest BCUT2D eigenvalue weighted by atomic mass is 19.1. The van der Waals surface area contributed by atoms with Crippen molar-refractivity contribution in [2.75, 3.05) is 0 Å².